The van der Waals surface area contributed by atoms with Crippen molar-refractivity contribution in [3.8, 4) is 0 Å². The molecule has 0 saturated heterocycles. The van der Waals surface area contributed by atoms with Crippen LogP contribution in [0.3, 0.4) is 0 Å². The molecule has 14 heavy (non-hydrogen) atoms. The van der Waals surface area contributed by atoms with Crippen LogP contribution in [0.2, 0.25) is 0 Å². The maximum absolute atomic E-state index is 13.1. The van der Waals surface area contributed by atoms with Gasteiger partial charge in [0, 0.05) is 12.1 Å². The van der Waals surface area contributed by atoms with E-state index in [1.807, 2.05) is 4.72 Å². The van der Waals surface area contributed by atoms with Crippen molar-refractivity contribution in [2.45, 2.75) is 13.5 Å². The van der Waals surface area contributed by atoms with E-state index in [0.717, 1.165) is 5.56 Å². The average Bonchev–Trinajstić information content (AvgIpc) is 2.00. The number of hydrogen-bond acceptors (Lipinski definition) is 2. The number of nitrogens with two attached hydrogens (primary N) is 1. The second kappa shape index (κ2) is 4.04. The van der Waals surface area contributed by atoms with E-state index in [0.29, 0.717) is 0 Å². The normalized spacial score (nSPS) is 11.6. The monoisotopic (exact) mass is 218 g/mol. The van der Waals surface area contributed by atoms with Gasteiger partial charge in [-0.05, 0) is 18.6 Å². The Labute approximate surface area is 82.1 Å². The van der Waals surface area contributed by atoms with Crippen LogP contribution >= 0.6 is 0 Å². The molecule has 0 aromatic heterocycles. The zero-order chi connectivity index (χ0) is 10.8. The molecule has 6 heteroatoms. The van der Waals surface area contributed by atoms with E-state index in [1.165, 1.54) is 12.1 Å². The summed E-state index contributed by atoms with van der Waals surface area (Å²) >= 11 is 0. The number of rotatable bonds is 3. The molecule has 0 atom stereocenters. The Morgan fingerprint density at radius 3 is 2.64 bits per heavy atom. The third-order valence-corrected chi connectivity index (χ3v) is 2.22. The van der Waals surface area contributed by atoms with Crippen molar-refractivity contribution in [3.05, 3.63) is 35.1 Å². The molecular formula is C8H11FN2O2S. The first-order chi connectivity index (χ1) is 6.38. The van der Waals surface area contributed by atoms with E-state index in [9.17, 15) is 12.8 Å². The number of halogens is 1. The Bertz CT molecular complexity index is 431. The van der Waals surface area contributed by atoms with E-state index in [1.54, 1.807) is 13.0 Å². The molecule has 0 bridgehead atoms. The summed E-state index contributed by atoms with van der Waals surface area (Å²) < 4.78 is 36.2. The summed E-state index contributed by atoms with van der Waals surface area (Å²) in [5.41, 5.74) is 1.05. The zero-order valence-electron chi connectivity index (χ0n) is 7.62. The Morgan fingerprint density at radius 2 is 2.14 bits per heavy atom. The van der Waals surface area contributed by atoms with Crippen LogP contribution in [-0.4, -0.2) is 8.42 Å². The first-order valence-corrected chi connectivity index (χ1v) is 5.45. The molecule has 3 N–H and O–H groups in total. The maximum atomic E-state index is 13.1. The van der Waals surface area contributed by atoms with Crippen molar-refractivity contribution >= 4 is 10.2 Å². The molecule has 0 spiro atoms. The van der Waals surface area contributed by atoms with Gasteiger partial charge < -0.3 is 0 Å². The zero-order valence-corrected chi connectivity index (χ0v) is 8.44. The van der Waals surface area contributed by atoms with E-state index in [4.69, 9.17) is 5.14 Å². The molecule has 0 radical (unpaired) electrons. The van der Waals surface area contributed by atoms with Crippen LogP contribution in [-0.2, 0) is 16.8 Å². The number of nitrogens with one attached hydrogen (secondary N) is 1. The van der Waals surface area contributed by atoms with Gasteiger partial charge in [0.05, 0.1) is 0 Å². The van der Waals surface area contributed by atoms with Gasteiger partial charge in [-0.3, -0.25) is 0 Å². The van der Waals surface area contributed by atoms with Gasteiger partial charge in [-0.2, -0.15) is 13.1 Å². The summed E-state index contributed by atoms with van der Waals surface area (Å²) in [4.78, 5) is 0. The topological polar surface area (TPSA) is 72.2 Å². The lowest BCUT2D eigenvalue weighted by molar-refractivity contribution is 0.575. The predicted octanol–water partition coefficient (Wildman–Crippen LogP) is 0.427. The first kappa shape index (κ1) is 11.1. The van der Waals surface area contributed by atoms with Crippen LogP contribution in [0, 0.1) is 12.7 Å². The second-order valence-electron chi connectivity index (χ2n) is 2.96. The van der Waals surface area contributed by atoms with Gasteiger partial charge in [0.15, 0.2) is 0 Å². The fraction of sp³-hybridized carbons (Fsp3) is 0.250. The summed E-state index contributed by atoms with van der Waals surface area (Å²) in [5, 5.41) is 4.70. The maximum Gasteiger partial charge on any atom is 0.274 e. The highest BCUT2D eigenvalue weighted by Crippen LogP contribution is 2.09. The first-order valence-electron chi connectivity index (χ1n) is 3.91. The van der Waals surface area contributed by atoms with E-state index in [-0.39, 0.29) is 12.1 Å². The van der Waals surface area contributed by atoms with Crippen LogP contribution < -0.4 is 9.86 Å². The summed E-state index contributed by atoms with van der Waals surface area (Å²) in [6, 6.07) is 4.55. The Morgan fingerprint density at radius 1 is 1.50 bits per heavy atom. The molecule has 1 aromatic rings. The third kappa shape index (κ3) is 3.41. The molecule has 4 nitrogen and oxygen atoms in total. The molecule has 0 aliphatic heterocycles. The lowest BCUT2D eigenvalue weighted by atomic mass is 10.1. The largest absolute Gasteiger partial charge is 0.274 e. The number of benzene rings is 1. The highest BCUT2D eigenvalue weighted by molar-refractivity contribution is 7.87. The summed E-state index contributed by atoms with van der Waals surface area (Å²) in [7, 11) is -3.77. The van der Waals surface area contributed by atoms with Crippen molar-refractivity contribution in [2.75, 3.05) is 0 Å². The minimum absolute atomic E-state index is 0.134. The van der Waals surface area contributed by atoms with Crippen molar-refractivity contribution < 1.29 is 12.8 Å². The summed E-state index contributed by atoms with van der Waals surface area (Å²) in [5.74, 6) is -0.443. The van der Waals surface area contributed by atoms with E-state index >= 15 is 0 Å². The molecule has 0 saturated carbocycles. The van der Waals surface area contributed by atoms with Crippen LogP contribution in [0.25, 0.3) is 0 Å². The number of aryl methyl sites for hydroxylation is 1. The fourth-order valence-electron chi connectivity index (χ4n) is 0.974. The van der Waals surface area contributed by atoms with Crippen molar-refractivity contribution in [3.63, 3.8) is 0 Å². The minimum atomic E-state index is -3.77. The summed E-state index contributed by atoms with van der Waals surface area (Å²) in [6.45, 7) is 1.62. The number of hydrogen-bond donors (Lipinski definition) is 2. The molecule has 78 valence electrons. The summed E-state index contributed by atoms with van der Waals surface area (Å²) in [6.07, 6.45) is 0. The Hall–Kier alpha value is -0.980. The fourth-order valence-corrected chi connectivity index (χ4v) is 1.33. The van der Waals surface area contributed by atoms with Crippen LogP contribution in [0.5, 0.6) is 0 Å². The van der Waals surface area contributed by atoms with Crippen molar-refractivity contribution in [1.82, 2.24) is 4.72 Å². The SMILES string of the molecule is Cc1ccc(CNS(N)(=O)=O)c(F)c1. The Balaban J connectivity index is 2.78. The molecule has 0 fully saturated rings. The molecule has 1 rings (SSSR count). The smallest absolute Gasteiger partial charge is 0.216 e. The van der Waals surface area contributed by atoms with Gasteiger partial charge in [0.2, 0.25) is 0 Å². The standard InChI is InChI=1S/C8H11FN2O2S/c1-6-2-3-7(8(9)4-6)5-11-14(10,12)13/h2-4,11H,5H2,1H3,(H2,10,12,13). The molecule has 0 heterocycles. The van der Waals surface area contributed by atoms with Gasteiger partial charge >= 0.3 is 0 Å². The van der Waals surface area contributed by atoms with E-state index in [2.05, 4.69) is 0 Å². The van der Waals surface area contributed by atoms with Gasteiger partial charge in [0.25, 0.3) is 10.2 Å². The van der Waals surface area contributed by atoms with Crippen molar-refractivity contribution in [2.24, 2.45) is 5.14 Å². The van der Waals surface area contributed by atoms with Gasteiger partial charge in [-0.1, -0.05) is 12.1 Å². The lowest BCUT2D eigenvalue weighted by Gasteiger charge is -2.04. The molecule has 0 aliphatic rings. The van der Waals surface area contributed by atoms with Gasteiger partial charge in [-0.25, -0.2) is 9.53 Å². The van der Waals surface area contributed by atoms with Crippen molar-refractivity contribution in [1.29, 1.82) is 0 Å². The van der Waals surface area contributed by atoms with Crippen LogP contribution in [0.4, 0.5) is 4.39 Å². The minimum Gasteiger partial charge on any atom is -0.216 e. The average molecular weight is 218 g/mol. The molecule has 0 aliphatic carbocycles. The molecule has 0 unspecified atom stereocenters. The molecule has 1 aromatic carbocycles. The lowest BCUT2D eigenvalue weighted by Crippen LogP contribution is -2.30. The highest BCUT2D eigenvalue weighted by Gasteiger charge is 2.05. The predicted molar refractivity (Wildman–Crippen MR) is 51.1 cm³/mol. The molecule has 0 amide bonds. The van der Waals surface area contributed by atoms with Crippen LogP contribution in [0.15, 0.2) is 18.2 Å². The quantitative estimate of drug-likeness (QED) is 0.772. The Kier molecular flexibility index (Phi) is 3.20. The van der Waals surface area contributed by atoms with Gasteiger partial charge in [0.1, 0.15) is 5.82 Å². The molecular weight excluding hydrogens is 207 g/mol. The third-order valence-electron chi connectivity index (χ3n) is 1.67. The van der Waals surface area contributed by atoms with Crippen LogP contribution in [0.1, 0.15) is 11.1 Å². The van der Waals surface area contributed by atoms with E-state index < -0.39 is 16.0 Å². The highest BCUT2D eigenvalue weighted by atomic mass is 32.2. The van der Waals surface area contributed by atoms with Gasteiger partial charge in [-0.15, -0.1) is 0 Å². The second-order valence-corrected chi connectivity index (χ2v) is 4.34.